The fourth-order valence-electron chi connectivity index (χ4n) is 2.36. The van der Waals surface area contributed by atoms with Crippen molar-refractivity contribution in [2.75, 3.05) is 5.75 Å². The molecule has 1 nitrogen and oxygen atoms in total. The van der Waals surface area contributed by atoms with Gasteiger partial charge in [0.1, 0.15) is 0 Å². The monoisotopic (exact) mass is 403 g/mol. The van der Waals surface area contributed by atoms with Gasteiger partial charge < -0.3 is 0 Å². The van der Waals surface area contributed by atoms with E-state index in [1.807, 2.05) is 24.0 Å². The normalized spacial score (nSPS) is 13.7. The van der Waals surface area contributed by atoms with Gasteiger partial charge in [-0.25, -0.2) is 0 Å². The van der Waals surface area contributed by atoms with Crippen molar-refractivity contribution < 1.29 is 0 Å². The molecule has 0 bridgehead atoms. The highest BCUT2D eigenvalue weighted by molar-refractivity contribution is 8.03. The van der Waals surface area contributed by atoms with Crippen molar-refractivity contribution >= 4 is 29.4 Å². The molecule has 148 valence electrons. The van der Waals surface area contributed by atoms with Gasteiger partial charge in [0.15, 0.2) is 0 Å². The van der Waals surface area contributed by atoms with E-state index >= 15 is 0 Å². The number of aryl methyl sites for hydroxylation is 1. The van der Waals surface area contributed by atoms with Gasteiger partial charge >= 0.3 is 0 Å². The summed E-state index contributed by atoms with van der Waals surface area (Å²) in [6, 6.07) is 2.08. The van der Waals surface area contributed by atoms with Crippen LogP contribution in [-0.4, -0.2) is 10.7 Å². The van der Waals surface area contributed by atoms with E-state index in [0.29, 0.717) is 11.8 Å². The van der Waals surface area contributed by atoms with Crippen molar-refractivity contribution in [2.45, 2.75) is 54.4 Å². The van der Waals surface area contributed by atoms with E-state index in [2.05, 4.69) is 83.0 Å². The number of rotatable bonds is 10. The van der Waals surface area contributed by atoms with Gasteiger partial charge in [-0.3, -0.25) is 4.98 Å². The Hall–Kier alpha value is -1.25. The number of allylic oxidation sites excluding steroid dienone is 6. The first kappa shape index (κ1) is 23.8. The molecule has 1 aromatic heterocycles. The van der Waals surface area contributed by atoms with Crippen LogP contribution < -0.4 is 0 Å². The molecule has 1 rings (SSSR count). The van der Waals surface area contributed by atoms with Gasteiger partial charge in [0.2, 0.25) is 0 Å². The molecule has 0 aliphatic heterocycles. The second-order valence-electron chi connectivity index (χ2n) is 7.44. The third kappa shape index (κ3) is 10.6. The highest BCUT2D eigenvalue weighted by Crippen LogP contribution is 2.23. The lowest BCUT2D eigenvalue weighted by Gasteiger charge is -2.06. The van der Waals surface area contributed by atoms with Crippen LogP contribution in [0.4, 0.5) is 0 Å². The Bertz CT molecular complexity index is 696. The summed E-state index contributed by atoms with van der Waals surface area (Å²) in [5.41, 5.74) is 3.58. The molecular weight excluding hydrogens is 370 g/mol. The Labute approximate surface area is 175 Å². The first-order valence-electron chi connectivity index (χ1n) is 9.78. The molecule has 0 spiro atoms. The van der Waals surface area contributed by atoms with Crippen LogP contribution in [-0.2, 0) is 0 Å². The molecule has 1 heterocycles. The lowest BCUT2D eigenvalue weighted by molar-refractivity contribution is 0.830. The van der Waals surface area contributed by atoms with Crippen LogP contribution in [0.3, 0.4) is 0 Å². The summed E-state index contributed by atoms with van der Waals surface area (Å²) in [6.45, 7) is 12.9. The van der Waals surface area contributed by atoms with Gasteiger partial charge in [-0.05, 0) is 73.6 Å². The van der Waals surface area contributed by atoms with E-state index in [4.69, 9.17) is 11.6 Å². The second kappa shape index (κ2) is 13.0. The minimum absolute atomic E-state index is 0.533. The van der Waals surface area contributed by atoms with Gasteiger partial charge in [-0.15, -0.1) is 11.8 Å². The number of unbranched alkanes of at least 4 members (excludes halogenated alkanes) is 1. The number of aromatic nitrogens is 1. The van der Waals surface area contributed by atoms with Crippen LogP contribution in [0.25, 0.3) is 6.08 Å². The van der Waals surface area contributed by atoms with Gasteiger partial charge in [0.05, 0.1) is 0 Å². The lowest BCUT2D eigenvalue weighted by Crippen LogP contribution is -1.89. The fraction of sp³-hybridized carbons (Fsp3) is 0.458. The molecule has 1 aromatic rings. The summed E-state index contributed by atoms with van der Waals surface area (Å²) in [7, 11) is 0. The summed E-state index contributed by atoms with van der Waals surface area (Å²) in [5, 5.41) is 0.843. The lowest BCUT2D eigenvalue weighted by atomic mass is 10.1. The first-order chi connectivity index (χ1) is 12.8. The molecular formula is C24H34ClNS. The molecule has 0 aliphatic rings. The average Bonchev–Trinajstić information content (AvgIpc) is 2.60. The van der Waals surface area contributed by atoms with E-state index < -0.39 is 0 Å². The van der Waals surface area contributed by atoms with Crippen molar-refractivity contribution in [1.29, 1.82) is 0 Å². The first-order valence-corrected chi connectivity index (χ1v) is 11.1. The fourth-order valence-corrected chi connectivity index (χ4v) is 3.62. The van der Waals surface area contributed by atoms with Gasteiger partial charge in [-0.1, -0.05) is 63.6 Å². The largest absolute Gasteiger partial charge is 0.261 e. The van der Waals surface area contributed by atoms with Crippen LogP contribution in [0.1, 0.15) is 57.4 Å². The predicted molar refractivity (Wildman–Crippen MR) is 125 cm³/mol. The standard InChI is InChI=1S/C24H34ClNS/c1-18(2)10-12-23(25)9-7-8-16-27-24(17-19(3)4)13-11-22-14-15-26-21(6)20(22)5/h9-15,17-19H,7-8,16H2,1-6H3/b12-10-,13-11-,23-9+,24-17+. The van der Waals surface area contributed by atoms with Crippen molar-refractivity contribution in [1.82, 2.24) is 4.98 Å². The molecule has 0 atom stereocenters. The maximum atomic E-state index is 6.22. The van der Waals surface area contributed by atoms with Gasteiger partial charge in [0, 0.05) is 21.8 Å². The number of pyridine rings is 1. The number of thioether (sulfide) groups is 1. The second-order valence-corrected chi connectivity index (χ2v) is 9.04. The molecule has 0 amide bonds. The summed E-state index contributed by atoms with van der Waals surface area (Å²) in [5.74, 6) is 2.16. The summed E-state index contributed by atoms with van der Waals surface area (Å²) >= 11 is 8.14. The zero-order chi connectivity index (χ0) is 20.2. The van der Waals surface area contributed by atoms with E-state index in [0.717, 1.165) is 29.3 Å². The van der Waals surface area contributed by atoms with Crippen molar-refractivity contribution in [2.24, 2.45) is 11.8 Å². The Morgan fingerprint density at radius 1 is 1.15 bits per heavy atom. The van der Waals surface area contributed by atoms with E-state index in [1.165, 1.54) is 16.0 Å². The Kier molecular flexibility index (Phi) is 11.5. The third-order valence-corrected chi connectivity index (χ3v) is 5.40. The van der Waals surface area contributed by atoms with E-state index in [-0.39, 0.29) is 0 Å². The van der Waals surface area contributed by atoms with Gasteiger partial charge in [0.25, 0.3) is 0 Å². The highest BCUT2D eigenvalue weighted by Gasteiger charge is 2.00. The van der Waals surface area contributed by atoms with Crippen molar-refractivity contribution in [3.63, 3.8) is 0 Å². The number of hydrogen-bond donors (Lipinski definition) is 0. The topological polar surface area (TPSA) is 12.9 Å². The molecule has 27 heavy (non-hydrogen) atoms. The Morgan fingerprint density at radius 2 is 1.89 bits per heavy atom. The molecule has 0 saturated heterocycles. The smallest absolute Gasteiger partial charge is 0.0407 e. The SMILES string of the molecule is Cc1nccc(/C=C\C(=C/C(C)C)SCCC/C=C(Cl)\C=C/C(C)C)c1C. The van der Waals surface area contributed by atoms with Crippen molar-refractivity contribution in [3.8, 4) is 0 Å². The van der Waals surface area contributed by atoms with Crippen LogP contribution in [0.15, 0.2) is 52.6 Å². The molecule has 0 saturated carbocycles. The van der Waals surface area contributed by atoms with Crippen LogP contribution in [0.5, 0.6) is 0 Å². The highest BCUT2D eigenvalue weighted by atomic mass is 35.5. The molecule has 0 fully saturated rings. The average molecular weight is 404 g/mol. The molecule has 0 aromatic carbocycles. The van der Waals surface area contributed by atoms with Crippen LogP contribution in [0.2, 0.25) is 0 Å². The molecule has 0 N–H and O–H groups in total. The maximum absolute atomic E-state index is 6.22. The molecule has 3 heteroatoms. The summed E-state index contributed by atoms with van der Waals surface area (Å²) in [4.78, 5) is 5.67. The minimum Gasteiger partial charge on any atom is -0.261 e. The summed E-state index contributed by atoms with van der Waals surface area (Å²) < 4.78 is 0. The zero-order valence-corrected chi connectivity index (χ0v) is 19.2. The number of hydrogen-bond acceptors (Lipinski definition) is 2. The quantitative estimate of drug-likeness (QED) is 0.289. The maximum Gasteiger partial charge on any atom is 0.0407 e. The zero-order valence-electron chi connectivity index (χ0n) is 17.6. The number of halogens is 1. The minimum atomic E-state index is 0.533. The predicted octanol–water partition coefficient (Wildman–Crippen LogP) is 8.10. The Morgan fingerprint density at radius 3 is 2.56 bits per heavy atom. The van der Waals surface area contributed by atoms with Crippen LogP contribution in [0, 0.1) is 25.7 Å². The van der Waals surface area contributed by atoms with E-state index in [9.17, 15) is 0 Å². The molecule has 0 aliphatic carbocycles. The third-order valence-electron chi connectivity index (χ3n) is 4.02. The van der Waals surface area contributed by atoms with Gasteiger partial charge in [-0.2, -0.15) is 0 Å². The summed E-state index contributed by atoms with van der Waals surface area (Å²) in [6.07, 6.45) is 17.0. The Balaban J connectivity index is 2.60. The van der Waals surface area contributed by atoms with E-state index in [1.54, 1.807) is 0 Å². The van der Waals surface area contributed by atoms with Crippen molar-refractivity contribution in [3.05, 3.63) is 69.4 Å². The molecule has 0 unspecified atom stereocenters. The van der Waals surface area contributed by atoms with Crippen LogP contribution >= 0.6 is 23.4 Å². The molecule has 0 radical (unpaired) electrons. The number of nitrogens with zero attached hydrogens (tertiary/aromatic N) is 1.